The van der Waals surface area contributed by atoms with Crippen LogP contribution in [0, 0.1) is 5.82 Å². The molecule has 5 nitrogen and oxygen atoms in total. The van der Waals surface area contributed by atoms with E-state index in [0.717, 1.165) is 0 Å². The molecule has 0 aromatic heterocycles. The number of nitrogens with one attached hydrogen (secondary N) is 1. The molecule has 3 N–H and O–H groups in total. The highest BCUT2D eigenvalue weighted by Gasteiger charge is 2.10. The fourth-order valence-electron chi connectivity index (χ4n) is 1.80. The number of hydrogen-bond acceptors (Lipinski definition) is 5. The molecule has 6 heteroatoms. The minimum atomic E-state index is -0.463. The van der Waals surface area contributed by atoms with Gasteiger partial charge in [0.05, 0.1) is 31.2 Å². The van der Waals surface area contributed by atoms with Gasteiger partial charge >= 0.3 is 5.97 Å². The van der Waals surface area contributed by atoms with E-state index < -0.39 is 11.8 Å². The first-order valence-corrected chi connectivity index (χ1v) is 6.13. The number of methoxy groups -OCH3 is 2. The third-order valence-corrected chi connectivity index (χ3v) is 2.90. The van der Waals surface area contributed by atoms with Crippen LogP contribution in [0.2, 0.25) is 0 Å². The lowest BCUT2D eigenvalue weighted by Crippen LogP contribution is -2.04. The molecule has 0 aliphatic carbocycles. The molecule has 0 aliphatic rings. The number of carbonyl (C=O) groups is 1. The smallest absolute Gasteiger partial charge is 0.337 e. The van der Waals surface area contributed by atoms with Crippen LogP contribution in [0.3, 0.4) is 0 Å². The number of esters is 1. The summed E-state index contributed by atoms with van der Waals surface area (Å²) in [4.78, 5) is 11.5. The first-order valence-electron chi connectivity index (χ1n) is 6.13. The van der Waals surface area contributed by atoms with Crippen LogP contribution < -0.4 is 15.8 Å². The molecule has 110 valence electrons. The average Bonchev–Trinajstić information content (AvgIpc) is 2.50. The number of hydrogen-bond donors (Lipinski definition) is 2. The minimum absolute atomic E-state index is 0.114. The molecule has 0 saturated carbocycles. The topological polar surface area (TPSA) is 73.6 Å². The Balaban J connectivity index is 2.32. The van der Waals surface area contributed by atoms with Gasteiger partial charge in [-0.3, -0.25) is 0 Å². The van der Waals surface area contributed by atoms with Crippen LogP contribution in [0.1, 0.15) is 10.4 Å². The van der Waals surface area contributed by atoms with E-state index in [0.29, 0.717) is 22.6 Å². The van der Waals surface area contributed by atoms with Gasteiger partial charge in [-0.25, -0.2) is 9.18 Å². The van der Waals surface area contributed by atoms with E-state index in [4.69, 9.17) is 10.5 Å². The predicted octanol–water partition coefficient (Wildman–Crippen LogP) is 2.95. The fraction of sp³-hybridized carbons (Fsp3) is 0.133. The highest BCUT2D eigenvalue weighted by atomic mass is 19.1. The van der Waals surface area contributed by atoms with Gasteiger partial charge < -0.3 is 20.5 Å². The van der Waals surface area contributed by atoms with Crippen LogP contribution in [-0.4, -0.2) is 20.2 Å². The van der Waals surface area contributed by atoms with Crippen molar-refractivity contribution in [2.75, 3.05) is 25.3 Å². The second-order valence-electron chi connectivity index (χ2n) is 4.27. The Labute approximate surface area is 121 Å². The van der Waals surface area contributed by atoms with Crippen LogP contribution in [0.5, 0.6) is 5.75 Å². The molecular formula is C15H15FN2O3. The summed E-state index contributed by atoms with van der Waals surface area (Å²) in [6.45, 7) is 0. The van der Waals surface area contributed by atoms with Gasteiger partial charge in [-0.2, -0.15) is 0 Å². The largest absolute Gasteiger partial charge is 0.494 e. The van der Waals surface area contributed by atoms with Gasteiger partial charge in [-0.05, 0) is 30.3 Å². The van der Waals surface area contributed by atoms with Crippen LogP contribution in [0.15, 0.2) is 36.4 Å². The van der Waals surface area contributed by atoms with Crippen molar-refractivity contribution in [2.45, 2.75) is 0 Å². The minimum Gasteiger partial charge on any atom is -0.494 e. The van der Waals surface area contributed by atoms with Crippen molar-refractivity contribution in [3.8, 4) is 5.75 Å². The van der Waals surface area contributed by atoms with Gasteiger partial charge in [-0.15, -0.1) is 0 Å². The van der Waals surface area contributed by atoms with E-state index in [1.54, 1.807) is 24.3 Å². The highest BCUT2D eigenvalue weighted by Crippen LogP contribution is 2.28. The summed E-state index contributed by atoms with van der Waals surface area (Å²) in [7, 11) is 2.69. The molecule has 21 heavy (non-hydrogen) atoms. The number of rotatable bonds is 4. The van der Waals surface area contributed by atoms with Gasteiger partial charge in [0.25, 0.3) is 0 Å². The SMILES string of the molecule is COC(=O)c1ccc(N)c(Nc2ccc(F)c(OC)c2)c1. The summed E-state index contributed by atoms with van der Waals surface area (Å²) < 4.78 is 22.9. The van der Waals surface area contributed by atoms with E-state index in [9.17, 15) is 9.18 Å². The molecule has 0 saturated heterocycles. The molecule has 0 unspecified atom stereocenters. The highest BCUT2D eigenvalue weighted by molar-refractivity contribution is 5.92. The zero-order chi connectivity index (χ0) is 15.4. The van der Waals surface area contributed by atoms with Gasteiger partial charge in [0.1, 0.15) is 0 Å². The molecule has 0 radical (unpaired) electrons. The van der Waals surface area contributed by atoms with Crippen molar-refractivity contribution in [3.63, 3.8) is 0 Å². The Morgan fingerprint density at radius 3 is 2.62 bits per heavy atom. The van der Waals surface area contributed by atoms with Crippen LogP contribution >= 0.6 is 0 Å². The standard InChI is InChI=1S/C15H15FN2O3/c1-20-14-8-10(4-5-11(14)16)18-13-7-9(15(19)21-2)3-6-12(13)17/h3-8,18H,17H2,1-2H3. The first kappa shape index (κ1) is 14.6. The lowest BCUT2D eigenvalue weighted by Gasteiger charge is -2.12. The van der Waals surface area contributed by atoms with E-state index in [1.807, 2.05) is 0 Å². The molecule has 0 atom stereocenters. The Bertz CT molecular complexity index is 674. The molecule has 0 aliphatic heterocycles. The molecule has 0 spiro atoms. The number of nitrogens with two attached hydrogens (primary N) is 1. The van der Waals surface area contributed by atoms with Crippen LogP contribution in [-0.2, 0) is 4.74 Å². The Morgan fingerprint density at radius 1 is 1.19 bits per heavy atom. The van der Waals surface area contributed by atoms with Gasteiger partial charge in [0, 0.05) is 11.8 Å². The number of carbonyl (C=O) groups excluding carboxylic acids is 1. The molecule has 0 heterocycles. The van der Waals surface area contributed by atoms with Crippen molar-refractivity contribution in [1.82, 2.24) is 0 Å². The average molecular weight is 290 g/mol. The molecule has 0 amide bonds. The van der Waals surface area contributed by atoms with E-state index in [1.165, 1.54) is 26.4 Å². The number of ether oxygens (including phenoxy) is 2. The van der Waals surface area contributed by atoms with Crippen molar-refractivity contribution in [1.29, 1.82) is 0 Å². The molecular weight excluding hydrogens is 275 g/mol. The van der Waals surface area contributed by atoms with Crippen molar-refractivity contribution in [3.05, 3.63) is 47.8 Å². The summed E-state index contributed by atoms with van der Waals surface area (Å²) in [5.41, 5.74) is 7.78. The van der Waals surface area contributed by atoms with Crippen LogP contribution in [0.4, 0.5) is 21.5 Å². The Hall–Kier alpha value is -2.76. The van der Waals surface area contributed by atoms with E-state index in [-0.39, 0.29) is 5.75 Å². The Morgan fingerprint density at radius 2 is 1.95 bits per heavy atom. The summed E-state index contributed by atoms with van der Waals surface area (Å²) in [5.74, 6) is -0.809. The molecule has 0 fully saturated rings. The van der Waals surface area contributed by atoms with Crippen molar-refractivity contribution >= 4 is 23.0 Å². The van der Waals surface area contributed by atoms with E-state index >= 15 is 0 Å². The molecule has 2 aromatic rings. The van der Waals surface area contributed by atoms with Gasteiger partial charge in [0.15, 0.2) is 11.6 Å². The van der Waals surface area contributed by atoms with Gasteiger partial charge in [-0.1, -0.05) is 0 Å². The number of nitrogen functional groups attached to an aromatic ring is 1. The van der Waals surface area contributed by atoms with Crippen LogP contribution in [0.25, 0.3) is 0 Å². The second kappa shape index (κ2) is 6.13. The molecule has 0 bridgehead atoms. The maximum absolute atomic E-state index is 13.4. The summed E-state index contributed by atoms with van der Waals surface area (Å²) >= 11 is 0. The number of halogens is 1. The lowest BCUT2D eigenvalue weighted by atomic mass is 10.1. The Kier molecular flexibility index (Phi) is 4.27. The second-order valence-corrected chi connectivity index (χ2v) is 4.27. The summed E-state index contributed by atoms with van der Waals surface area (Å²) in [5, 5.41) is 3.01. The maximum Gasteiger partial charge on any atom is 0.337 e. The lowest BCUT2D eigenvalue weighted by molar-refractivity contribution is 0.0601. The zero-order valence-corrected chi connectivity index (χ0v) is 11.6. The third kappa shape index (κ3) is 3.22. The summed E-state index contributed by atoms with van der Waals surface area (Å²) in [6.07, 6.45) is 0. The normalized spacial score (nSPS) is 10.0. The quantitative estimate of drug-likeness (QED) is 0.669. The van der Waals surface area contributed by atoms with Crippen molar-refractivity contribution in [2.24, 2.45) is 0 Å². The third-order valence-electron chi connectivity index (χ3n) is 2.90. The monoisotopic (exact) mass is 290 g/mol. The maximum atomic E-state index is 13.4. The first-order chi connectivity index (χ1) is 10.0. The predicted molar refractivity (Wildman–Crippen MR) is 78.4 cm³/mol. The van der Waals surface area contributed by atoms with Crippen molar-refractivity contribution < 1.29 is 18.7 Å². The number of benzene rings is 2. The molecule has 2 rings (SSSR count). The van der Waals surface area contributed by atoms with E-state index in [2.05, 4.69) is 10.1 Å². The molecule has 2 aromatic carbocycles. The number of anilines is 3. The zero-order valence-electron chi connectivity index (χ0n) is 11.6. The van der Waals surface area contributed by atoms with Gasteiger partial charge in [0.2, 0.25) is 0 Å². The summed E-state index contributed by atoms with van der Waals surface area (Å²) in [6, 6.07) is 9.05. The fourth-order valence-corrected chi connectivity index (χ4v) is 1.80.